The topological polar surface area (TPSA) is 3.24 Å². The average Bonchev–Trinajstić information content (AvgIpc) is 2.52. The Hall–Kier alpha value is -1.81. The van der Waals surface area contributed by atoms with Crippen LogP contribution in [0.2, 0.25) is 0 Å². The fourth-order valence-corrected chi connectivity index (χ4v) is 2.84. The monoisotopic (exact) mass is 371 g/mol. The van der Waals surface area contributed by atoms with Crippen LogP contribution in [0.5, 0.6) is 0 Å². The zero-order chi connectivity index (χ0) is 13.8. The van der Waals surface area contributed by atoms with Crippen LogP contribution in [0.1, 0.15) is 0 Å². The molecule has 0 fully saturated rings. The van der Waals surface area contributed by atoms with Crippen LogP contribution in [-0.2, 0) is 0 Å². The minimum absolute atomic E-state index is 1.17. The van der Waals surface area contributed by atoms with E-state index in [1.54, 1.807) is 0 Å². The standard InChI is InChI=1S/C18H14IN/c19-17-13-7-8-14-18(17)20(15-9-3-1-4-10-15)16-11-5-2-6-12-16/h1-14H. The van der Waals surface area contributed by atoms with E-state index in [1.165, 1.54) is 20.6 Å². The Morgan fingerprint density at radius 2 is 1.00 bits per heavy atom. The molecule has 0 amide bonds. The minimum Gasteiger partial charge on any atom is -0.309 e. The van der Waals surface area contributed by atoms with Crippen LogP contribution in [-0.4, -0.2) is 0 Å². The lowest BCUT2D eigenvalue weighted by atomic mass is 10.2. The van der Waals surface area contributed by atoms with Gasteiger partial charge in [0.1, 0.15) is 0 Å². The number of hydrogen-bond donors (Lipinski definition) is 0. The number of anilines is 3. The fourth-order valence-electron chi connectivity index (χ4n) is 2.21. The summed E-state index contributed by atoms with van der Waals surface area (Å²) in [5.41, 5.74) is 3.54. The van der Waals surface area contributed by atoms with Gasteiger partial charge in [-0.3, -0.25) is 0 Å². The lowest BCUT2D eigenvalue weighted by Crippen LogP contribution is -2.10. The summed E-state index contributed by atoms with van der Waals surface area (Å²) < 4.78 is 1.23. The van der Waals surface area contributed by atoms with Crippen LogP contribution in [0.15, 0.2) is 84.9 Å². The van der Waals surface area contributed by atoms with Crippen molar-refractivity contribution < 1.29 is 0 Å². The van der Waals surface area contributed by atoms with Crippen molar-refractivity contribution in [1.29, 1.82) is 0 Å². The van der Waals surface area contributed by atoms with Gasteiger partial charge in [-0.1, -0.05) is 48.5 Å². The summed E-state index contributed by atoms with van der Waals surface area (Å²) in [6, 6.07) is 29.3. The summed E-state index contributed by atoms with van der Waals surface area (Å²) in [6.07, 6.45) is 0. The molecule has 3 aromatic rings. The SMILES string of the molecule is Ic1ccccc1N(c1ccccc1)c1ccccc1. The molecule has 0 aliphatic carbocycles. The molecule has 2 heteroatoms. The Balaban J connectivity index is 2.17. The maximum Gasteiger partial charge on any atom is 0.0595 e. The first-order valence-corrected chi connectivity index (χ1v) is 7.59. The van der Waals surface area contributed by atoms with E-state index >= 15 is 0 Å². The van der Waals surface area contributed by atoms with E-state index in [9.17, 15) is 0 Å². The van der Waals surface area contributed by atoms with Crippen molar-refractivity contribution in [3.05, 3.63) is 88.5 Å². The number of halogens is 1. The van der Waals surface area contributed by atoms with Crippen molar-refractivity contribution in [2.75, 3.05) is 4.90 Å². The van der Waals surface area contributed by atoms with Crippen molar-refractivity contribution in [2.45, 2.75) is 0 Å². The maximum atomic E-state index is 2.39. The third-order valence-electron chi connectivity index (χ3n) is 3.12. The second-order valence-electron chi connectivity index (χ2n) is 4.46. The highest BCUT2D eigenvalue weighted by Crippen LogP contribution is 2.36. The van der Waals surface area contributed by atoms with Crippen LogP contribution in [0.3, 0.4) is 0 Å². The quantitative estimate of drug-likeness (QED) is 0.529. The van der Waals surface area contributed by atoms with E-state index in [4.69, 9.17) is 0 Å². The normalized spacial score (nSPS) is 10.2. The van der Waals surface area contributed by atoms with Crippen molar-refractivity contribution in [3.63, 3.8) is 0 Å². The molecular weight excluding hydrogens is 357 g/mol. The number of rotatable bonds is 3. The van der Waals surface area contributed by atoms with Gasteiger partial charge in [-0.2, -0.15) is 0 Å². The highest BCUT2D eigenvalue weighted by atomic mass is 127. The second kappa shape index (κ2) is 6.09. The molecule has 0 saturated heterocycles. The molecule has 0 bridgehead atoms. The minimum atomic E-state index is 1.17. The second-order valence-corrected chi connectivity index (χ2v) is 5.62. The van der Waals surface area contributed by atoms with Gasteiger partial charge in [-0.25, -0.2) is 0 Å². The Bertz CT molecular complexity index is 641. The summed E-state index contributed by atoms with van der Waals surface area (Å²) in [5.74, 6) is 0. The maximum absolute atomic E-state index is 2.39. The first-order valence-electron chi connectivity index (χ1n) is 6.51. The summed E-state index contributed by atoms with van der Waals surface area (Å²) in [5, 5.41) is 0. The van der Waals surface area contributed by atoms with Gasteiger partial charge in [0.25, 0.3) is 0 Å². The van der Waals surface area contributed by atoms with E-state index in [1.807, 2.05) is 12.1 Å². The molecule has 0 N–H and O–H groups in total. The highest BCUT2D eigenvalue weighted by Gasteiger charge is 2.13. The number of benzene rings is 3. The largest absolute Gasteiger partial charge is 0.309 e. The molecule has 1 nitrogen and oxygen atoms in total. The Morgan fingerprint density at radius 3 is 1.50 bits per heavy atom. The van der Waals surface area contributed by atoms with E-state index in [-0.39, 0.29) is 0 Å². The molecule has 0 heterocycles. The van der Waals surface area contributed by atoms with Gasteiger partial charge in [-0.15, -0.1) is 0 Å². The molecule has 0 spiro atoms. The highest BCUT2D eigenvalue weighted by molar-refractivity contribution is 14.1. The summed E-state index contributed by atoms with van der Waals surface area (Å²) in [6.45, 7) is 0. The van der Waals surface area contributed by atoms with E-state index < -0.39 is 0 Å². The predicted octanol–water partition coefficient (Wildman–Crippen LogP) is 5.76. The van der Waals surface area contributed by atoms with Crippen LogP contribution in [0.4, 0.5) is 17.1 Å². The van der Waals surface area contributed by atoms with Gasteiger partial charge in [-0.05, 0) is 59.0 Å². The number of nitrogens with zero attached hydrogens (tertiary/aromatic N) is 1. The zero-order valence-corrected chi connectivity index (χ0v) is 13.1. The smallest absolute Gasteiger partial charge is 0.0595 e. The van der Waals surface area contributed by atoms with Crippen molar-refractivity contribution in [1.82, 2.24) is 0 Å². The van der Waals surface area contributed by atoms with Gasteiger partial charge < -0.3 is 4.90 Å². The zero-order valence-electron chi connectivity index (χ0n) is 10.9. The Labute approximate surface area is 133 Å². The third-order valence-corrected chi connectivity index (χ3v) is 4.03. The van der Waals surface area contributed by atoms with E-state index in [0.29, 0.717) is 0 Å². The van der Waals surface area contributed by atoms with E-state index in [2.05, 4.69) is 100 Å². The molecular formula is C18H14IN. The first kappa shape index (κ1) is 13.2. The van der Waals surface area contributed by atoms with Crippen LogP contribution < -0.4 is 4.90 Å². The Morgan fingerprint density at radius 1 is 0.550 bits per heavy atom. The molecule has 0 saturated carbocycles. The van der Waals surface area contributed by atoms with Crippen LogP contribution in [0.25, 0.3) is 0 Å². The molecule has 0 aliphatic heterocycles. The predicted molar refractivity (Wildman–Crippen MR) is 93.8 cm³/mol. The molecule has 0 aliphatic rings. The van der Waals surface area contributed by atoms with Gasteiger partial charge in [0, 0.05) is 14.9 Å². The number of para-hydroxylation sites is 3. The fraction of sp³-hybridized carbons (Fsp3) is 0. The average molecular weight is 371 g/mol. The molecule has 0 unspecified atom stereocenters. The van der Waals surface area contributed by atoms with E-state index in [0.717, 1.165) is 0 Å². The van der Waals surface area contributed by atoms with Crippen molar-refractivity contribution in [3.8, 4) is 0 Å². The summed E-state index contributed by atoms with van der Waals surface area (Å²) in [4.78, 5) is 2.28. The van der Waals surface area contributed by atoms with Gasteiger partial charge in [0.15, 0.2) is 0 Å². The van der Waals surface area contributed by atoms with Crippen molar-refractivity contribution in [2.24, 2.45) is 0 Å². The van der Waals surface area contributed by atoms with Crippen LogP contribution in [0, 0.1) is 3.57 Å². The summed E-state index contributed by atoms with van der Waals surface area (Å²) in [7, 11) is 0. The van der Waals surface area contributed by atoms with Gasteiger partial charge >= 0.3 is 0 Å². The van der Waals surface area contributed by atoms with Crippen molar-refractivity contribution >= 4 is 39.7 Å². The molecule has 98 valence electrons. The molecule has 0 radical (unpaired) electrons. The third kappa shape index (κ3) is 2.70. The molecule has 3 aromatic carbocycles. The molecule has 20 heavy (non-hydrogen) atoms. The molecule has 0 aromatic heterocycles. The molecule has 3 rings (SSSR count). The van der Waals surface area contributed by atoms with Gasteiger partial charge in [0.2, 0.25) is 0 Å². The summed E-state index contributed by atoms with van der Waals surface area (Å²) >= 11 is 2.39. The number of hydrogen-bond acceptors (Lipinski definition) is 1. The Kier molecular flexibility index (Phi) is 4.02. The first-order chi connectivity index (χ1) is 9.86. The van der Waals surface area contributed by atoms with Crippen LogP contribution >= 0.6 is 22.6 Å². The van der Waals surface area contributed by atoms with Gasteiger partial charge in [0.05, 0.1) is 5.69 Å². The molecule has 0 atom stereocenters. The lowest BCUT2D eigenvalue weighted by Gasteiger charge is -2.26. The lowest BCUT2D eigenvalue weighted by molar-refractivity contribution is 1.27.